The average molecular weight is 249 g/mol. The normalized spacial score (nSPS) is 19.0. The van der Waals surface area contributed by atoms with Crippen molar-refractivity contribution in [1.29, 1.82) is 0 Å². The van der Waals surface area contributed by atoms with E-state index in [1.165, 1.54) is 24.3 Å². The van der Waals surface area contributed by atoms with Crippen molar-refractivity contribution in [1.82, 2.24) is 4.90 Å². The van der Waals surface area contributed by atoms with Crippen LogP contribution in [0.5, 0.6) is 0 Å². The summed E-state index contributed by atoms with van der Waals surface area (Å²) < 4.78 is 0. The van der Waals surface area contributed by atoms with Crippen molar-refractivity contribution in [3.63, 3.8) is 0 Å². The van der Waals surface area contributed by atoms with Gasteiger partial charge in [0.1, 0.15) is 6.61 Å². The molecule has 17 heavy (non-hydrogen) atoms. The zero-order chi connectivity index (χ0) is 12.3. The highest BCUT2D eigenvalue weighted by Gasteiger charge is 2.32. The molecule has 3 heteroatoms. The molecule has 0 amide bonds. The number of aliphatic hydroxyl groups excluding tert-OH is 1. The van der Waals surface area contributed by atoms with Gasteiger partial charge in [0.25, 0.3) is 0 Å². The first kappa shape index (κ1) is 12.6. The summed E-state index contributed by atoms with van der Waals surface area (Å²) >= 11 is 1.76. The lowest BCUT2D eigenvalue weighted by atomic mass is 10.0. The van der Waals surface area contributed by atoms with E-state index in [9.17, 15) is 0 Å². The van der Waals surface area contributed by atoms with Crippen molar-refractivity contribution < 1.29 is 5.11 Å². The topological polar surface area (TPSA) is 23.5 Å². The van der Waals surface area contributed by atoms with Crippen LogP contribution in [-0.2, 0) is 6.54 Å². The molecule has 2 rings (SSSR count). The predicted octanol–water partition coefficient (Wildman–Crippen LogP) is 2.47. The Kier molecular flexibility index (Phi) is 3.88. The van der Waals surface area contributed by atoms with Crippen molar-refractivity contribution in [2.75, 3.05) is 13.2 Å². The molecule has 0 aromatic carbocycles. The van der Waals surface area contributed by atoms with E-state index in [1.54, 1.807) is 11.3 Å². The fourth-order valence-electron chi connectivity index (χ4n) is 2.34. The van der Waals surface area contributed by atoms with Gasteiger partial charge in [-0.25, -0.2) is 0 Å². The Morgan fingerprint density at radius 3 is 3.00 bits per heavy atom. The van der Waals surface area contributed by atoms with Crippen LogP contribution < -0.4 is 0 Å². The second-order valence-electron chi connectivity index (χ2n) is 5.05. The third-order valence-corrected chi connectivity index (χ3v) is 4.36. The van der Waals surface area contributed by atoms with E-state index in [2.05, 4.69) is 36.0 Å². The summed E-state index contributed by atoms with van der Waals surface area (Å²) in [5.74, 6) is 5.76. The average Bonchev–Trinajstić information content (AvgIpc) is 2.84. The summed E-state index contributed by atoms with van der Waals surface area (Å²) in [5, 5.41) is 10.8. The quantitative estimate of drug-likeness (QED) is 0.814. The third kappa shape index (κ3) is 2.90. The molecule has 0 radical (unpaired) electrons. The van der Waals surface area contributed by atoms with Crippen LogP contribution in [-0.4, -0.2) is 28.7 Å². The van der Waals surface area contributed by atoms with Crippen molar-refractivity contribution >= 4 is 11.3 Å². The van der Waals surface area contributed by atoms with Gasteiger partial charge in [-0.1, -0.05) is 11.8 Å². The van der Waals surface area contributed by atoms with E-state index in [0.717, 1.165) is 12.1 Å². The standard InChI is InChI=1S/C14H19NOS/c1-14(2)7-4-8-15(14)11-13-12(5-3-9-16)6-10-17-13/h6,10,16H,4,7-9,11H2,1-2H3. The molecule has 92 valence electrons. The van der Waals surface area contributed by atoms with Gasteiger partial charge < -0.3 is 5.11 Å². The van der Waals surface area contributed by atoms with Crippen LogP contribution in [0, 0.1) is 11.8 Å². The Bertz CT molecular complexity index is 439. The van der Waals surface area contributed by atoms with Crippen LogP contribution in [0.25, 0.3) is 0 Å². The highest BCUT2D eigenvalue weighted by atomic mass is 32.1. The summed E-state index contributed by atoms with van der Waals surface area (Å²) in [7, 11) is 0. The lowest BCUT2D eigenvalue weighted by molar-refractivity contribution is 0.168. The molecule has 1 aromatic heterocycles. The molecule has 0 atom stereocenters. The van der Waals surface area contributed by atoms with Gasteiger partial charge in [0, 0.05) is 22.5 Å². The first-order valence-corrected chi connectivity index (χ1v) is 6.92. The summed E-state index contributed by atoms with van der Waals surface area (Å²) in [6.07, 6.45) is 2.56. The molecule has 1 aliphatic rings. The number of thiophene rings is 1. The number of aliphatic hydroxyl groups is 1. The van der Waals surface area contributed by atoms with Crippen LogP contribution in [0.15, 0.2) is 11.4 Å². The maximum absolute atomic E-state index is 8.74. The zero-order valence-electron chi connectivity index (χ0n) is 10.5. The molecular weight excluding hydrogens is 230 g/mol. The fraction of sp³-hybridized carbons (Fsp3) is 0.571. The number of nitrogens with zero attached hydrogens (tertiary/aromatic N) is 1. The molecular formula is C14H19NOS. The SMILES string of the molecule is CC1(C)CCCN1Cc1sccc1C#CCO. The zero-order valence-corrected chi connectivity index (χ0v) is 11.3. The maximum Gasteiger partial charge on any atom is 0.104 e. The van der Waals surface area contributed by atoms with Gasteiger partial charge in [0.05, 0.1) is 0 Å². The summed E-state index contributed by atoms with van der Waals surface area (Å²) in [6, 6.07) is 2.05. The van der Waals surface area contributed by atoms with E-state index in [-0.39, 0.29) is 6.61 Å². The van der Waals surface area contributed by atoms with Gasteiger partial charge in [-0.2, -0.15) is 0 Å². The van der Waals surface area contributed by atoms with Gasteiger partial charge in [-0.05, 0) is 44.7 Å². The highest BCUT2D eigenvalue weighted by Crippen LogP contribution is 2.31. The molecule has 2 nitrogen and oxygen atoms in total. The maximum atomic E-state index is 8.74. The molecule has 1 aliphatic heterocycles. The Morgan fingerprint density at radius 2 is 2.35 bits per heavy atom. The van der Waals surface area contributed by atoms with Crippen LogP contribution in [0.3, 0.4) is 0 Å². The molecule has 0 unspecified atom stereocenters. The van der Waals surface area contributed by atoms with Crippen LogP contribution in [0.1, 0.15) is 37.1 Å². The summed E-state index contributed by atoms with van der Waals surface area (Å²) in [6.45, 7) is 6.72. The molecule has 2 heterocycles. The first-order valence-electron chi connectivity index (χ1n) is 6.04. The largest absolute Gasteiger partial charge is 0.384 e. The number of likely N-dealkylation sites (tertiary alicyclic amines) is 1. The number of hydrogen-bond acceptors (Lipinski definition) is 3. The lowest BCUT2D eigenvalue weighted by Crippen LogP contribution is -2.37. The van der Waals surface area contributed by atoms with Crippen LogP contribution >= 0.6 is 11.3 Å². The molecule has 0 aliphatic carbocycles. The van der Waals surface area contributed by atoms with Gasteiger partial charge in [-0.3, -0.25) is 4.90 Å². The van der Waals surface area contributed by atoms with E-state index < -0.39 is 0 Å². The van der Waals surface area contributed by atoms with E-state index >= 15 is 0 Å². The van der Waals surface area contributed by atoms with Crippen LogP contribution in [0.2, 0.25) is 0 Å². The smallest absolute Gasteiger partial charge is 0.104 e. The Morgan fingerprint density at radius 1 is 1.53 bits per heavy atom. The second-order valence-corrected chi connectivity index (χ2v) is 6.06. The third-order valence-electron chi connectivity index (χ3n) is 3.45. The molecule has 0 saturated carbocycles. The monoisotopic (exact) mass is 249 g/mol. The van der Waals surface area contributed by atoms with Crippen molar-refractivity contribution in [3.8, 4) is 11.8 Å². The summed E-state index contributed by atoms with van der Waals surface area (Å²) in [4.78, 5) is 3.85. The second kappa shape index (κ2) is 5.22. The van der Waals surface area contributed by atoms with E-state index in [1.807, 2.05) is 6.07 Å². The lowest BCUT2D eigenvalue weighted by Gasteiger charge is -2.31. The van der Waals surface area contributed by atoms with Gasteiger partial charge >= 0.3 is 0 Å². The van der Waals surface area contributed by atoms with Crippen molar-refractivity contribution in [3.05, 3.63) is 21.9 Å². The predicted molar refractivity (Wildman–Crippen MR) is 72.0 cm³/mol. The molecule has 1 aromatic rings. The van der Waals surface area contributed by atoms with Gasteiger partial charge in [0.15, 0.2) is 0 Å². The summed E-state index contributed by atoms with van der Waals surface area (Å²) in [5.41, 5.74) is 1.39. The molecule has 1 saturated heterocycles. The first-order chi connectivity index (χ1) is 8.13. The fourth-order valence-corrected chi connectivity index (χ4v) is 3.18. The molecule has 1 N–H and O–H groups in total. The van der Waals surface area contributed by atoms with Crippen molar-refractivity contribution in [2.45, 2.75) is 38.8 Å². The van der Waals surface area contributed by atoms with Gasteiger partial charge in [-0.15, -0.1) is 11.3 Å². The number of rotatable bonds is 2. The van der Waals surface area contributed by atoms with Crippen LogP contribution in [0.4, 0.5) is 0 Å². The Balaban J connectivity index is 2.11. The molecule has 0 bridgehead atoms. The van der Waals surface area contributed by atoms with Gasteiger partial charge in [0.2, 0.25) is 0 Å². The minimum absolute atomic E-state index is 0.0650. The number of hydrogen-bond donors (Lipinski definition) is 1. The van der Waals surface area contributed by atoms with Crippen molar-refractivity contribution in [2.24, 2.45) is 0 Å². The minimum Gasteiger partial charge on any atom is -0.384 e. The van der Waals surface area contributed by atoms with E-state index in [4.69, 9.17) is 5.11 Å². The molecule has 0 spiro atoms. The Hall–Kier alpha value is -0.820. The highest BCUT2D eigenvalue weighted by molar-refractivity contribution is 7.10. The Labute approximate surface area is 107 Å². The minimum atomic E-state index is -0.0650. The van der Waals surface area contributed by atoms with E-state index in [0.29, 0.717) is 5.54 Å². The molecule has 1 fully saturated rings.